The molecule has 0 spiro atoms. The first-order valence-electron chi connectivity index (χ1n) is 10.5. The Labute approximate surface area is 190 Å². The highest BCUT2D eigenvalue weighted by Crippen LogP contribution is 2.24. The first-order chi connectivity index (χ1) is 15.8. The lowest BCUT2D eigenvalue weighted by Crippen LogP contribution is -2.43. The summed E-state index contributed by atoms with van der Waals surface area (Å²) in [4.78, 5) is 31.1. The molecule has 33 heavy (non-hydrogen) atoms. The van der Waals surface area contributed by atoms with Crippen LogP contribution in [0.4, 0.5) is 17.5 Å². The van der Waals surface area contributed by atoms with E-state index >= 15 is 0 Å². The van der Waals surface area contributed by atoms with Gasteiger partial charge in [0.25, 0.3) is 11.9 Å². The van der Waals surface area contributed by atoms with Crippen LogP contribution in [-0.4, -0.2) is 54.0 Å². The van der Waals surface area contributed by atoms with Crippen molar-refractivity contribution in [1.82, 2.24) is 25.0 Å². The zero-order valence-corrected chi connectivity index (χ0v) is 18.2. The van der Waals surface area contributed by atoms with Gasteiger partial charge in [0, 0.05) is 30.9 Å². The van der Waals surface area contributed by atoms with E-state index in [9.17, 15) is 4.79 Å². The van der Waals surface area contributed by atoms with Crippen molar-refractivity contribution in [2.45, 2.75) is 44.7 Å². The molecule has 1 aliphatic carbocycles. The third kappa shape index (κ3) is 6.71. The number of amides is 1. The summed E-state index contributed by atoms with van der Waals surface area (Å²) in [6, 6.07) is 7.58. The van der Waals surface area contributed by atoms with Crippen LogP contribution in [0, 0.1) is 0 Å². The summed E-state index contributed by atoms with van der Waals surface area (Å²) >= 11 is 0. The maximum absolute atomic E-state index is 11.9. The third-order valence-electron chi connectivity index (χ3n) is 4.95. The van der Waals surface area contributed by atoms with Gasteiger partial charge in [-0.25, -0.2) is 4.98 Å². The number of anilines is 3. The average molecular weight is 454 g/mol. The molecule has 0 saturated heterocycles. The molecule has 2 atom stereocenters. The summed E-state index contributed by atoms with van der Waals surface area (Å²) in [6.07, 6.45) is 8.81. The Hall–Kier alpha value is -4.06. The van der Waals surface area contributed by atoms with Crippen molar-refractivity contribution in [3.63, 3.8) is 0 Å². The van der Waals surface area contributed by atoms with Crippen LogP contribution in [0.15, 0.2) is 42.9 Å². The molecule has 4 rings (SSSR count). The van der Waals surface area contributed by atoms with E-state index in [0.717, 1.165) is 38.3 Å². The van der Waals surface area contributed by atoms with Crippen LogP contribution in [0.2, 0.25) is 0 Å². The van der Waals surface area contributed by atoms with Gasteiger partial charge < -0.3 is 27.2 Å². The predicted molar refractivity (Wildman–Crippen MR) is 122 cm³/mol. The molecular weight excluding hydrogens is 426 g/mol. The second-order valence-electron chi connectivity index (χ2n) is 7.53. The Bertz CT molecular complexity index is 1080. The van der Waals surface area contributed by atoms with Gasteiger partial charge in [-0.05, 0) is 31.0 Å². The fourth-order valence-electron chi connectivity index (χ4n) is 3.43. The minimum absolute atomic E-state index is 0.0535. The van der Waals surface area contributed by atoms with Crippen LogP contribution in [0.5, 0.6) is 0 Å². The number of benzene rings is 1. The zero-order chi connectivity index (χ0) is 23.8. The van der Waals surface area contributed by atoms with Crippen molar-refractivity contribution in [2.75, 3.05) is 10.6 Å². The van der Waals surface area contributed by atoms with Crippen LogP contribution < -0.4 is 22.1 Å². The van der Waals surface area contributed by atoms with Crippen molar-refractivity contribution in [3.05, 3.63) is 48.4 Å². The molecule has 7 N–H and O–H groups in total. The van der Waals surface area contributed by atoms with Crippen LogP contribution in [0.3, 0.4) is 0 Å². The van der Waals surface area contributed by atoms with Crippen molar-refractivity contribution in [2.24, 2.45) is 11.5 Å². The number of primary amides is 1. The lowest BCUT2D eigenvalue weighted by molar-refractivity contribution is -0.134. The molecular formula is C21H27N9O3. The number of aromatic nitrogens is 5. The topological polar surface area (TPSA) is 187 Å². The molecule has 12 heteroatoms. The Balaban J connectivity index is 0.000000709. The Morgan fingerprint density at radius 3 is 2.55 bits per heavy atom. The van der Waals surface area contributed by atoms with Crippen molar-refractivity contribution >= 4 is 29.3 Å². The number of rotatable bonds is 6. The number of nitrogens with two attached hydrogens (primary N) is 2. The smallest absolute Gasteiger partial charge is 0.300 e. The SMILES string of the molecule is CC(=O)O.NC(=O)c1cnc(N[C@@H]2CCCC[C@@H]2N)nc1Nc1cccc(-n2nccn2)c1. The number of nitrogens with zero attached hydrogens (tertiary/aromatic N) is 5. The number of hydrogen-bond donors (Lipinski definition) is 5. The Morgan fingerprint density at radius 1 is 1.18 bits per heavy atom. The number of aliphatic carboxylic acids is 1. The van der Waals surface area contributed by atoms with Gasteiger partial charge in [-0.15, -0.1) is 0 Å². The van der Waals surface area contributed by atoms with Gasteiger partial charge >= 0.3 is 0 Å². The van der Waals surface area contributed by atoms with Crippen LogP contribution in [0.1, 0.15) is 43.0 Å². The summed E-state index contributed by atoms with van der Waals surface area (Å²) in [7, 11) is 0. The third-order valence-corrected chi connectivity index (χ3v) is 4.95. The van der Waals surface area contributed by atoms with Gasteiger partial charge in [-0.2, -0.15) is 20.0 Å². The molecule has 0 aliphatic heterocycles. The molecule has 2 aromatic heterocycles. The molecule has 1 aromatic carbocycles. The van der Waals surface area contributed by atoms with Gasteiger partial charge in [-0.1, -0.05) is 18.9 Å². The monoisotopic (exact) mass is 453 g/mol. The minimum Gasteiger partial charge on any atom is -0.481 e. The van der Waals surface area contributed by atoms with Crippen molar-refractivity contribution in [1.29, 1.82) is 0 Å². The second-order valence-corrected chi connectivity index (χ2v) is 7.53. The second kappa shape index (κ2) is 11.0. The molecule has 0 unspecified atom stereocenters. The highest BCUT2D eigenvalue weighted by Gasteiger charge is 2.23. The zero-order valence-electron chi connectivity index (χ0n) is 18.2. The van der Waals surface area contributed by atoms with Gasteiger partial charge in [0.05, 0.1) is 18.1 Å². The van der Waals surface area contributed by atoms with E-state index in [-0.39, 0.29) is 17.6 Å². The van der Waals surface area contributed by atoms with E-state index in [1.165, 1.54) is 11.0 Å². The number of nitrogens with one attached hydrogen (secondary N) is 2. The summed E-state index contributed by atoms with van der Waals surface area (Å²) in [5.41, 5.74) is 13.4. The first-order valence-corrected chi connectivity index (χ1v) is 10.5. The fourth-order valence-corrected chi connectivity index (χ4v) is 3.43. The Morgan fingerprint density at radius 2 is 1.88 bits per heavy atom. The highest BCUT2D eigenvalue weighted by molar-refractivity contribution is 5.98. The van der Waals surface area contributed by atoms with E-state index in [1.54, 1.807) is 12.4 Å². The standard InChI is InChI=1S/C19H23N9O.C2H4O2/c20-15-6-1-2-7-16(15)26-19-22-11-14(17(21)29)18(27-19)25-12-4-3-5-13(10-12)28-23-8-9-24-28;1-2(3)4/h3-5,8-11,15-16H,1-2,6-7,20H2,(H2,21,29)(H2,22,25,26,27);1H3,(H,3,4)/t15-,16+;/m0./s1. The quantitative estimate of drug-likeness (QED) is 0.367. The molecule has 1 aliphatic rings. The number of carbonyl (C=O) groups is 2. The van der Waals surface area contributed by atoms with E-state index in [2.05, 4.69) is 30.8 Å². The maximum Gasteiger partial charge on any atom is 0.300 e. The molecule has 3 aromatic rings. The van der Waals surface area contributed by atoms with Crippen molar-refractivity contribution in [3.8, 4) is 5.69 Å². The number of carboxylic acids is 1. The summed E-state index contributed by atoms with van der Waals surface area (Å²) in [5.74, 6) is -0.715. The predicted octanol–water partition coefficient (Wildman–Crippen LogP) is 1.67. The molecule has 1 saturated carbocycles. The molecule has 1 amide bonds. The molecule has 12 nitrogen and oxygen atoms in total. The van der Waals surface area contributed by atoms with Gasteiger partial charge in [0.1, 0.15) is 11.4 Å². The molecule has 1 fully saturated rings. The minimum atomic E-state index is -0.833. The van der Waals surface area contributed by atoms with Crippen LogP contribution >= 0.6 is 0 Å². The summed E-state index contributed by atoms with van der Waals surface area (Å²) in [5, 5.41) is 22.1. The normalized spacial score (nSPS) is 17.4. The van der Waals surface area contributed by atoms with E-state index in [1.807, 2.05) is 24.3 Å². The lowest BCUT2D eigenvalue weighted by Gasteiger charge is -2.29. The highest BCUT2D eigenvalue weighted by atomic mass is 16.4. The number of carboxylic acid groups (broad SMARTS) is 1. The van der Waals surface area contributed by atoms with Gasteiger partial charge in [0.2, 0.25) is 5.95 Å². The van der Waals surface area contributed by atoms with E-state index in [4.69, 9.17) is 21.4 Å². The van der Waals surface area contributed by atoms with Gasteiger partial charge in [0.15, 0.2) is 0 Å². The Kier molecular flexibility index (Phi) is 7.86. The maximum atomic E-state index is 11.9. The number of carbonyl (C=O) groups excluding carboxylic acids is 1. The van der Waals surface area contributed by atoms with E-state index < -0.39 is 11.9 Å². The molecule has 2 heterocycles. The molecule has 0 bridgehead atoms. The fraction of sp³-hybridized carbons (Fsp3) is 0.333. The van der Waals surface area contributed by atoms with E-state index in [0.29, 0.717) is 17.5 Å². The summed E-state index contributed by atoms with van der Waals surface area (Å²) < 4.78 is 0. The summed E-state index contributed by atoms with van der Waals surface area (Å²) in [6.45, 7) is 1.08. The van der Waals surface area contributed by atoms with Gasteiger partial charge in [-0.3, -0.25) is 9.59 Å². The first kappa shape index (κ1) is 23.6. The average Bonchev–Trinajstić information content (AvgIpc) is 3.30. The largest absolute Gasteiger partial charge is 0.481 e. The van der Waals surface area contributed by atoms with Crippen LogP contribution in [-0.2, 0) is 4.79 Å². The van der Waals surface area contributed by atoms with Crippen LogP contribution in [0.25, 0.3) is 5.69 Å². The molecule has 174 valence electrons. The molecule has 0 radical (unpaired) electrons. The number of hydrogen-bond acceptors (Lipinski definition) is 9. The van der Waals surface area contributed by atoms with Crippen molar-refractivity contribution < 1.29 is 14.7 Å². The lowest BCUT2D eigenvalue weighted by atomic mass is 9.91.